The highest BCUT2D eigenvalue weighted by molar-refractivity contribution is 5.87. The van der Waals surface area contributed by atoms with E-state index in [-0.39, 0.29) is 36.0 Å². The smallest absolute Gasteiger partial charge is 0.330 e. The number of ether oxygens (including phenoxy) is 8. The number of phenols is 3. The van der Waals surface area contributed by atoms with Gasteiger partial charge in [-0.15, -0.1) is 0 Å². The highest BCUT2D eigenvalue weighted by Crippen LogP contribution is 2.33. The number of esters is 1. The van der Waals surface area contributed by atoms with E-state index in [0.717, 1.165) is 6.08 Å². The second-order valence-electron chi connectivity index (χ2n) is 13.0. The number of rotatable bonds is 13. The number of carbonyl (C=O) groups excluding carboxylic acids is 1. The van der Waals surface area contributed by atoms with E-state index >= 15 is 0 Å². The Labute approximate surface area is 308 Å². The number of methoxy groups -OCH3 is 1. The fraction of sp³-hybridized carbons (Fsp3) is 0.571. The van der Waals surface area contributed by atoms with Crippen molar-refractivity contribution >= 4 is 12.0 Å². The molecule has 0 aromatic heterocycles. The van der Waals surface area contributed by atoms with E-state index in [4.69, 9.17) is 37.9 Å². The first-order valence-electron chi connectivity index (χ1n) is 17.0. The number of aromatic hydroxyl groups is 3. The second-order valence-corrected chi connectivity index (χ2v) is 13.0. The summed E-state index contributed by atoms with van der Waals surface area (Å²) >= 11 is 0. The first-order chi connectivity index (χ1) is 25.7. The van der Waals surface area contributed by atoms with E-state index in [1.165, 1.54) is 56.5 Å². The van der Waals surface area contributed by atoms with Crippen LogP contribution in [-0.4, -0.2) is 170 Å². The molecule has 300 valence electrons. The number of hydrogen-bond donors (Lipinski definition) is 10. The quantitative estimate of drug-likeness (QED) is 0.0585. The van der Waals surface area contributed by atoms with Crippen molar-refractivity contribution < 1.29 is 93.8 Å². The molecule has 3 fully saturated rings. The van der Waals surface area contributed by atoms with Crippen molar-refractivity contribution in [3.8, 4) is 23.0 Å². The summed E-state index contributed by atoms with van der Waals surface area (Å²) in [5.41, 5.74) is 1.04. The molecule has 0 spiro atoms. The fourth-order valence-corrected chi connectivity index (χ4v) is 6.00. The highest BCUT2D eigenvalue weighted by Gasteiger charge is 2.53. The van der Waals surface area contributed by atoms with Crippen LogP contribution < -0.4 is 4.74 Å². The Balaban J connectivity index is 1.32. The molecular formula is C35H46O19. The predicted octanol–water partition coefficient (Wildman–Crippen LogP) is -2.25. The summed E-state index contributed by atoms with van der Waals surface area (Å²) in [6.45, 7) is 0.238. The Hall–Kier alpha value is -3.67. The van der Waals surface area contributed by atoms with Crippen LogP contribution in [0.15, 0.2) is 42.5 Å². The van der Waals surface area contributed by atoms with E-state index < -0.39 is 105 Å². The molecule has 2 aromatic rings. The molecule has 3 saturated heterocycles. The molecule has 3 aliphatic rings. The van der Waals surface area contributed by atoms with Gasteiger partial charge in [0.05, 0.1) is 26.4 Å². The van der Waals surface area contributed by atoms with Gasteiger partial charge in [-0.05, 0) is 54.8 Å². The number of aliphatic hydroxyl groups is 7. The zero-order chi connectivity index (χ0) is 39.3. The largest absolute Gasteiger partial charge is 0.504 e. The fourth-order valence-electron chi connectivity index (χ4n) is 6.00. The Kier molecular flexibility index (Phi) is 14.1. The maximum Gasteiger partial charge on any atom is 0.330 e. The standard InChI is InChI=1S/C35H46O19/c1-15-25(41)28(44)32(54-33-29(45)26(42)21(39)13-50-33)35(51-15)53-31-27(43)23(14-49-24(40)8-5-16-4-7-19(37)22(12-16)47-2)52-34(30(31)46)48-10-9-17-3-6-18(36)20(38)11-17/h3-8,11-12,15,21,23,25-39,41-46H,9-10,13-14H2,1-2H3/t15-,21-,23+,25-,26+,27+,28+,29+,30+,31-,32+,33+,34+,35-/m0/s1. The van der Waals surface area contributed by atoms with Gasteiger partial charge in [0.15, 0.2) is 41.9 Å². The lowest BCUT2D eigenvalue weighted by Crippen LogP contribution is -2.66. The molecule has 19 nitrogen and oxygen atoms in total. The van der Waals surface area contributed by atoms with Crippen LogP contribution >= 0.6 is 0 Å². The van der Waals surface area contributed by atoms with Gasteiger partial charge in [-0.1, -0.05) is 12.1 Å². The minimum Gasteiger partial charge on any atom is -0.504 e. The summed E-state index contributed by atoms with van der Waals surface area (Å²) < 4.78 is 44.7. The molecule has 5 rings (SSSR count). The molecule has 0 amide bonds. The van der Waals surface area contributed by atoms with E-state index in [1.54, 1.807) is 0 Å². The van der Waals surface area contributed by atoms with Gasteiger partial charge in [0.25, 0.3) is 0 Å². The monoisotopic (exact) mass is 770 g/mol. The zero-order valence-electron chi connectivity index (χ0n) is 29.2. The molecule has 0 bridgehead atoms. The van der Waals surface area contributed by atoms with Crippen LogP contribution in [0.25, 0.3) is 6.08 Å². The minimum atomic E-state index is -1.80. The predicted molar refractivity (Wildman–Crippen MR) is 179 cm³/mol. The van der Waals surface area contributed by atoms with E-state index in [9.17, 15) is 55.9 Å². The Morgan fingerprint density at radius 3 is 2.22 bits per heavy atom. The van der Waals surface area contributed by atoms with Crippen LogP contribution in [-0.2, 0) is 44.4 Å². The maximum atomic E-state index is 12.7. The van der Waals surface area contributed by atoms with Crippen molar-refractivity contribution in [1.29, 1.82) is 0 Å². The molecule has 10 N–H and O–H groups in total. The molecule has 0 saturated carbocycles. The van der Waals surface area contributed by atoms with Gasteiger partial charge in [0.2, 0.25) is 0 Å². The number of aliphatic hydroxyl groups excluding tert-OH is 7. The lowest BCUT2D eigenvalue weighted by Gasteiger charge is -2.47. The Morgan fingerprint density at radius 2 is 1.50 bits per heavy atom. The van der Waals surface area contributed by atoms with Gasteiger partial charge >= 0.3 is 5.97 Å². The third kappa shape index (κ3) is 9.76. The van der Waals surface area contributed by atoms with Crippen molar-refractivity contribution in [3.05, 3.63) is 53.6 Å². The van der Waals surface area contributed by atoms with Crippen LogP contribution in [0.4, 0.5) is 0 Å². The number of benzene rings is 2. The summed E-state index contributed by atoms with van der Waals surface area (Å²) in [5.74, 6) is -1.48. The molecular weight excluding hydrogens is 724 g/mol. The van der Waals surface area contributed by atoms with Gasteiger partial charge in [0.1, 0.15) is 67.6 Å². The van der Waals surface area contributed by atoms with Gasteiger partial charge in [-0.3, -0.25) is 0 Å². The molecule has 3 heterocycles. The van der Waals surface area contributed by atoms with Crippen molar-refractivity contribution in [1.82, 2.24) is 0 Å². The van der Waals surface area contributed by atoms with Crippen LogP contribution in [0.5, 0.6) is 23.0 Å². The van der Waals surface area contributed by atoms with Crippen LogP contribution in [0.3, 0.4) is 0 Å². The first kappa shape index (κ1) is 41.5. The first-order valence-corrected chi connectivity index (χ1v) is 17.0. The minimum absolute atomic E-state index is 0.104. The van der Waals surface area contributed by atoms with Gasteiger partial charge < -0.3 is 89.0 Å². The van der Waals surface area contributed by atoms with Gasteiger partial charge in [0, 0.05) is 6.08 Å². The number of carbonyl (C=O) groups is 1. The molecule has 54 heavy (non-hydrogen) atoms. The Bertz CT molecular complexity index is 1570. The van der Waals surface area contributed by atoms with Crippen molar-refractivity contribution in [3.63, 3.8) is 0 Å². The molecule has 2 aromatic carbocycles. The van der Waals surface area contributed by atoms with Crippen molar-refractivity contribution in [2.45, 2.75) is 99.4 Å². The molecule has 0 unspecified atom stereocenters. The summed E-state index contributed by atoms with van der Waals surface area (Å²) in [4.78, 5) is 12.7. The second kappa shape index (κ2) is 18.3. The molecule has 3 aliphatic heterocycles. The van der Waals surface area contributed by atoms with Crippen molar-refractivity contribution in [2.24, 2.45) is 0 Å². The zero-order valence-corrected chi connectivity index (χ0v) is 29.2. The van der Waals surface area contributed by atoms with Crippen LogP contribution in [0.1, 0.15) is 18.1 Å². The molecule has 14 atom stereocenters. The third-order valence-electron chi connectivity index (χ3n) is 9.18. The molecule has 0 radical (unpaired) electrons. The maximum absolute atomic E-state index is 12.7. The molecule has 19 heteroatoms. The van der Waals surface area contributed by atoms with E-state index in [2.05, 4.69) is 0 Å². The summed E-state index contributed by atoms with van der Waals surface area (Å²) in [5, 5.41) is 104. The van der Waals surface area contributed by atoms with Crippen molar-refractivity contribution in [2.75, 3.05) is 26.9 Å². The topological polar surface area (TPSA) is 293 Å². The van der Waals surface area contributed by atoms with E-state index in [0.29, 0.717) is 11.1 Å². The Morgan fingerprint density at radius 1 is 0.778 bits per heavy atom. The van der Waals surface area contributed by atoms with Gasteiger partial charge in [-0.25, -0.2) is 4.79 Å². The van der Waals surface area contributed by atoms with Crippen LogP contribution in [0.2, 0.25) is 0 Å². The van der Waals surface area contributed by atoms with Gasteiger partial charge in [-0.2, -0.15) is 0 Å². The third-order valence-corrected chi connectivity index (χ3v) is 9.18. The lowest BCUT2D eigenvalue weighted by atomic mass is 9.97. The number of phenolic OH excluding ortho intramolecular Hbond substituents is 3. The average Bonchev–Trinajstić information content (AvgIpc) is 3.15. The van der Waals surface area contributed by atoms with Crippen LogP contribution in [0, 0.1) is 0 Å². The average molecular weight is 771 g/mol. The van der Waals surface area contributed by atoms with E-state index in [1.807, 2.05) is 0 Å². The SMILES string of the molecule is COc1cc(C=CC(=O)OC[C@H]2O[C@@H](OCCc3ccc(O)c(O)c3)[C@H](O)[C@@H](O[C@@H]3O[C@@H](C)[C@H](O)[C@@H](O)[C@H]3O[C@H]3OC[C@H](O)[C@@H](O)[C@H]3O)[C@@H]2O)ccc1O. The number of hydrogen-bond acceptors (Lipinski definition) is 19. The summed E-state index contributed by atoms with van der Waals surface area (Å²) in [7, 11) is 1.36. The highest BCUT2D eigenvalue weighted by atomic mass is 16.8. The molecule has 0 aliphatic carbocycles. The summed E-state index contributed by atoms with van der Waals surface area (Å²) in [6.07, 6.45) is -19.8. The normalized spacial score (nSPS) is 35.9. The lowest BCUT2D eigenvalue weighted by molar-refractivity contribution is -0.381. The summed E-state index contributed by atoms with van der Waals surface area (Å²) in [6, 6.07) is 8.49.